The molecule has 1 aliphatic rings. The van der Waals surface area contributed by atoms with Crippen molar-refractivity contribution in [1.82, 2.24) is 15.5 Å². The van der Waals surface area contributed by atoms with E-state index in [-0.39, 0.29) is 30.3 Å². The lowest BCUT2D eigenvalue weighted by Crippen LogP contribution is -2.49. The van der Waals surface area contributed by atoms with Crippen LogP contribution in [0.5, 0.6) is 0 Å². The first-order valence-electron chi connectivity index (χ1n) is 12.1. The summed E-state index contributed by atoms with van der Waals surface area (Å²) in [7, 11) is 0. The van der Waals surface area contributed by atoms with Gasteiger partial charge in [0.1, 0.15) is 6.04 Å². The van der Waals surface area contributed by atoms with Gasteiger partial charge in [-0.3, -0.25) is 14.4 Å². The van der Waals surface area contributed by atoms with Gasteiger partial charge in [0.2, 0.25) is 11.8 Å². The van der Waals surface area contributed by atoms with Gasteiger partial charge in [-0.25, -0.2) is 0 Å². The van der Waals surface area contributed by atoms with Gasteiger partial charge in [0, 0.05) is 25.8 Å². The number of ether oxygens (including phenoxy) is 1. The number of rotatable bonds is 12. The Bertz CT molecular complexity index is 941. The van der Waals surface area contributed by atoms with Crippen LogP contribution in [0.15, 0.2) is 41.8 Å². The molecule has 3 rings (SSSR count). The highest BCUT2D eigenvalue weighted by atomic mass is 32.1. The molecule has 1 fully saturated rings. The number of carbonyl (C=O) groups is 3. The highest BCUT2D eigenvalue weighted by Crippen LogP contribution is 2.27. The summed E-state index contributed by atoms with van der Waals surface area (Å²) in [5.41, 5.74) is 1.74. The molecular weight excluding hydrogens is 450 g/mol. The van der Waals surface area contributed by atoms with Crippen LogP contribution in [0.4, 0.5) is 0 Å². The Hall–Kier alpha value is -2.71. The molecule has 1 atom stereocenters. The van der Waals surface area contributed by atoms with Gasteiger partial charge in [0.25, 0.3) is 5.91 Å². The van der Waals surface area contributed by atoms with Crippen molar-refractivity contribution in [3.05, 3.63) is 57.8 Å². The van der Waals surface area contributed by atoms with Crippen LogP contribution in [-0.4, -0.2) is 55.0 Å². The highest BCUT2D eigenvalue weighted by molar-refractivity contribution is 7.12. The number of hydrogen-bond donors (Lipinski definition) is 2. The van der Waals surface area contributed by atoms with Crippen LogP contribution in [0, 0.1) is 6.92 Å². The molecule has 1 aromatic heterocycles. The summed E-state index contributed by atoms with van der Waals surface area (Å²) in [5.74, 6) is -0.757. The third kappa shape index (κ3) is 7.14. The number of nitrogens with one attached hydrogen (secondary N) is 2. The van der Waals surface area contributed by atoms with Crippen molar-refractivity contribution in [2.24, 2.45) is 0 Å². The second-order valence-corrected chi connectivity index (χ2v) is 9.49. The number of aryl methyl sites for hydroxylation is 1. The fourth-order valence-electron chi connectivity index (χ4n) is 4.33. The predicted octanol–water partition coefficient (Wildman–Crippen LogP) is 3.84. The molecule has 0 spiro atoms. The van der Waals surface area contributed by atoms with E-state index in [1.807, 2.05) is 43.5 Å². The first-order valence-corrected chi connectivity index (χ1v) is 12.9. The standard InChI is InChI=1S/C26H35N3O4S/c1-3-33-16-9-15-29(23(30)18-27-25(31)22-14-8-17-34-22)24(21-13-7-4-10-19(21)2)26(32)28-20-11-5-6-12-20/h4,7-8,10,13-14,17,20,24H,3,5-6,9,11-12,15-16,18H2,1-2H3,(H,27,31)(H,28,32)/t24-/m0/s1. The van der Waals surface area contributed by atoms with Crippen molar-refractivity contribution >= 4 is 29.1 Å². The van der Waals surface area contributed by atoms with Gasteiger partial charge < -0.3 is 20.3 Å². The molecular formula is C26H35N3O4S. The van der Waals surface area contributed by atoms with E-state index < -0.39 is 6.04 Å². The van der Waals surface area contributed by atoms with E-state index in [1.165, 1.54) is 11.3 Å². The first kappa shape index (κ1) is 25.9. The number of nitrogens with zero attached hydrogens (tertiary/aromatic N) is 1. The predicted molar refractivity (Wildman–Crippen MR) is 134 cm³/mol. The van der Waals surface area contributed by atoms with Gasteiger partial charge in [0.05, 0.1) is 11.4 Å². The molecule has 7 nitrogen and oxygen atoms in total. The van der Waals surface area contributed by atoms with Crippen molar-refractivity contribution in [2.75, 3.05) is 26.3 Å². The summed E-state index contributed by atoms with van der Waals surface area (Å²) in [6.45, 7) is 5.14. The number of thiophene rings is 1. The fraction of sp³-hybridized carbons (Fsp3) is 0.500. The van der Waals surface area contributed by atoms with E-state index in [2.05, 4.69) is 10.6 Å². The summed E-state index contributed by atoms with van der Waals surface area (Å²) >= 11 is 1.32. The second kappa shape index (κ2) is 13.2. The number of hydrogen-bond acceptors (Lipinski definition) is 5. The van der Waals surface area contributed by atoms with Gasteiger partial charge in [-0.2, -0.15) is 0 Å². The minimum absolute atomic E-state index is 0.137. The quantitative estimate of drug-likeness (QED) is 0.447. The van der Waals surface area contributed by atoms with Gasteiger partial charge in [-0.15, -0.1) is 11.3 Å². The van der Waals surface area contributed by atoms with Crippen molar-refractivity contribution in [2.45, 2.75) is 58.0 Å². The van der Waals surface area contributed by atoms with E-state index in [9.17, 15) is 14.4 Å². The van der Waals surface area contributed by atoms with Gasteiger partial charge in [0.15, 0.2) is 0 Å². The molecule has 3 amide bonds. The number of benzene rings is 1. The first-order chi connectivity index (χ1) is 16.5. The molecule has 2 N–H and O–H groups in total. The molecule has 0 bridgehead atoms. The normalized spacial score (nSPS) is 14.5. The van der Waals surface area contributed by atoms with E-state index in [4.69, 9.17) is 4.74 Å². The van der Waals surface area contributed by atoms with E-state index in [1.54, 1.807) is 17.0 Å². The summed E-state index contributed by atoms with van der Waals surface area (Å²) in [4.78, 5) is 41.6. The maximum Gasteiger partial charge on any atom is 0.261 e. The van der Waals surface area contributed by atoms with Crippen LogP contribution >= 0.6 is 11.3 Å². The van der Waals surface area contributed by atoms with Gasteiger partial charge in [-0.1, -0.05) is 43.2 Å². The summed E-state index contributed by atoms with van der Waals surface area (Å²) < 4.78 is 5.48. The molecule has 0 radical (unpaired) electrons. The molecule has 0 aliphatic heterocycles. The minimum Gasteiger partial charge on any atom is -0.382 e. The Kier molecular flexibility index (Phi) is 10.1. The summed E-state index contributed by atoms with van der Waals surface area (Å²) in [5, 5.41) is 7.71. The Morgan fingerprint density at radius 2 is 1.91 bits per heavy atom. The average molecular weight is 486 g/mol. The maximum absolute atomic E-state index is 13.6. The van der Waals surface area contributed by atoms with Crippen LogP contribution in [-0.2, 0) is 14.3 Å². The zero-order valence-electron chi connectivity index (χ0n) is 20.0. The molecule has 1 saturated carbocycles. The largest absolute Gasteiger partial charge is 0.382 e. The van der Waals surface area contributed by atoms with Crippen LogP contribution < -0.4 is 10.6 Å². The van der Waals surface area contributed by atoms with Crippen molar-refractivity contribution in [3.8, 4) is 0 Å². The molecule has 8 heteroatoms. The van der Waals surface area contributed by atoms with Crippen LogP contribution in [0.25, 0.3) is 0 Å². The Labute approximate surface area is 205 Å². The third-order valence-corrected chi connectivity index (χ3v) is 6.97. The van der Waals surface area contributed by atoms with Crippen LogP contribution in [0.1, 0.15) is 65.9 Å². The number of carbonyl (C=O) groups excluding carboxylic acids is 3. The third-order valence-electron chi connectivity index (χ3n) is 6.10. The highest BCUT2D eigenvalue weighted by Gasteiger charge is 2.33. The molecule has 0 saturated heterocycles. The molecule has 2 aromatic rings. The Balaban J connectivity index is 1.83. The molecule has 34 heavy (non-hydrogen) atoms. The van der Waals surface area contributed by atoms with E-state index >= 15 is 0 Å². The van der Waals surface area contributed by atoms with Crippen molar-refractivity contribution < 1.29 is 19.1 Å². The average Bonchev–Trinajstić information content (AvgIpc) is 3.55. The van der Waals surface area contributed by atoms with Crippen molar-refractivity contribution in [3.63, 3.8) is 0 Å². The molecule has 1 aromatic carbocycles. The van der Waals surface area contributed by atoms with E-state index in [0.29, 0.717) is 31.1 Å². The Morgan fingerprint density at radius 1 is 1.15 bits per heavy atom. The Morgan fingerprint density at radius 3 is 2.59 bits per heavy atom. The molecule has 0 unspecified atom stereocenters. The minimum atomic E-state index is -0.769. The summed E-state index contributed by atoms with van der Waals surface area (Å²) in [6, 6.07) is 10.5. The number of amides is 3. The lowest BCUT2D eigenvalue weighted by molar-refractivity contribution is -0.140. The fourth-order valence-corrected chi connectivity index (χ4v) is 4.97. The molecule has 1 heterocycles. The lowest BCUT2D eigenvalue weighted by atomic mass is 9.98. The summed E-state index contributed by atoms with van der Waals surface area (Å²) in [6.07, 6.45) is 4.72. The SMILES string of the molecule is CCOCCCN(C(=O)CNC(=O)c1cccs1)[C@H](C(=O)NC1CCCC1)c1ccccc1C. The molecule has 1 aliphatic carbocycles. The smallest absolute Gasteiger partial charge is 0.261 e. The zero-order chi connectivity index (χ0) is 24.3. The van der Waals surface area contributed by atoms with Crippen molar-refractivity contribution in [1.29, 1.82) is 0 Å². The topological polar surface area (TPSA) is 87.7 Å². The van der Waals surface area contributed by atoms with Crippen LogP contribution in [0.3, 0.4) is 0 Å². The molecule has 184 valence electrons. The van der Waals surface area contributed by atoms with E-state index in [0.717, 1.165) is 36.8 Å². The second-order valence-electron chi connectivity index (χ2n) is 8.55. The lowest BCUT2D eigenvalue weighted by Gasteiger charge is -2.33. The maximum atomic E-state index is 13.6. The van der Waals surface area contributed by atoms with Crippen LogP contribution in [0.2, 0.25) is 0 Å². The van der Waals surface area contributed by atoms with Gasteiger partial charge >= 0.3 is 0 Å². The monoisotopic (exact) mass is 485 g/mol. The zero-order valence-corrected chi connectivity index (χ0v) is 20.9. The van der Waals surface area contributed by atoms with Gasteiger partial charge in [-0.05, 0) is 55.7 Å².